The molecule has 0 aromatic heterocycles. The Balaban J connectivity index is 2.55. The molecule has 86 valence electrons. The van der Waals surface area contributed by atoms with E-state index in [9.17, 15) is 4.79 Å². The second-order valence-corrected chi connectivity index (χ2v) is 3.77. The van der Waals surface area contributed by atoms with Gasteiger partial charge < -0.3 is 11.1 Å². The van der Waals surface area contributed by atoms with Crippen LogP contribution in [0.25, 0.3) is 0 Å². The lowest BCUT2D eigenvalue weighted by atomic mass is 10.1. The highest BCUT2D eigenvalue weighted by Gasteiger charge is 2.14. The molecule has 0 saturated heterocycles. The number of amides is 1. The van der Waals surface area contributed by atoms with Gasteiger partial charge in [0.2, 0.25) is 5.91 Å². The Morgan fingerprint density at radius 2 is 2.12 bits per heavy atom. The van der Waals surface area contributed by atoms with Gasteiger partial charge >= 0.3 is 0 Å². The molecule has 3 heteroatoms. The van der Waals surface area contributed by atoms with Crippen LogP contribution in [0.1, 0.15) is 24.9 Å². The number of rotatable bonds is 5. The van der Waals surface area contributed by atoms with Crippen LogP contribution >= 0.6 is 0 Å². The normalized spacial score (nSPS) is 13.9. The van der Waals surface area contributed by atoms with E-state index in [0.29, 0.717) is 6.42 Å². The number of benzene rings is 1. The molecular weight excluding hydrogens is 200 g/mol. The van der Waals surface area contributed by atoms with E-state index in [1.54, 1.807) is 6.08 Å². The molecule has 1 unspecified atom stereocenters. The summed E-state index contributed by atoms with van der Waals surface area (Å²) in [4.78, 5) is 11.6. The molecule has 0 aliphatic carbocycles. The van der Waals surface area contributed by atoms with Crippen molar-refractivity contribution in [2.24, 2.45) is 5.73 Å². The minimum atomic E-state index is -0.510. The summed E-state index contributed by atoms with van der Waals surface area (Å²) in [7, 11) is 0. The topological polar surface area (TPSA) is 55.1 Å². The lowest BCUT2D eigenvalue weighted by Gasteiger charge is -2.17. The summed E-state index contributed by atoms with van der Waals surface area (Å²) in [6.07, 6.45) is 2.14. The summed E-state index contributed by atoms with van der Waals surface area (Å²) in [5.74, 6) is -0.142. The second kappa shape index (κ2) is 6.08. The fourth-order valence-electron chi connectivity index (χ4n) is 1.43. The maximum Gasteiger partial charge on any atom is 0.237 e. The summed E-state index contributed by atoms with van der Waals surface area (Å²) in [5, 5.41) is 2.87. The molecule has 3 nitrogen and oxygen atoms in total. The Morgan fingerprint density at radius 1 is 1.50 bits per heavy atom. The first-order valence-electron chi connectivity index (χ1n) is 5.37. The number of nitrogens with two attached hydrogens (primary N) is 1. The first kappa shape index (κ1) is 12.5. The van der Waals surface area contributed by atoms with Gasteiger partial charge in [0, 0.05) is 0 Å². The Kier molecular flexibility index (Phi) is 4.73. The minimum Gasteiger partial charge on any atom is -0.348 e. The van der Waals surface area contributed by atoms with E-state index in [-0.39, 0.29) is 11.9 Å². The van der Waals surface area contributed by atoms with Crippen LogP contribution in [-0.4, -0.2) is 11.9 Å². The van der Waals surface area contributed by atoms with Gasteiger partial charge in [0.05, 0.1) is 12.1 Å². The van der Waals surface area contributed by atoms with Crippen molar-refractivity contribution < 1.29 is 4.79 Å². The Hall–Kier alpha value is -1.61. The summed E-state index contributed by atoms with van der Waals surface area (Å²) in [5.41, 5.74) is 6.74. The number of hydrogen-bond donors (Lipinski definition) is 2. The van der Waals surface area contributed by atoms with Crippen molar-refractivity contribution >= 4 is 5.91 Å². The van der Waals surface area contributed by atoms with Gasteiger partial charge in [0.1, 0.15) is 0 Å². The highest BCUT2D eigenvalue weighted by atomic mass is 16.2. The molecule has 0 saturated carbocycles. The van der Waals surface area contributed by atoms with Crippen LogP contribution < -0.4 is 11.1 Å². The van der Waals surface area contributed by atoms with E-state index >= 15 is 0 Å². The molecule has 0 fully saturated rings. The molecular formula is C13H18N2O. The van der Waals surface area contributed by atoms with Gasteiger partial charge in [-0.1, -0.05) is 36.4 Å². The van der Waals surface area contributed by atoms with E-state index < -0.39 is 6.04 Å². The monoisotopic (exact) mass is 218 g/mol. The van der Waals surface area contributed by atoms with Crippen molar-refractivity contribution in [3.05, 3.63) is 48.6 Å². The number of carbonyl (C=O) groups excluding carboxylic acids is 1. The molecule has 0 bridgehead atoms. The highest BCUT2D eigenvalue weighted by molar-refractivity contribution is 5.82. The molecule has 16 heavy (non-hydrogen) atoms. The van der Waals surface area contributed by atoms with Gasteiger partial charge in [-0.25, -0.2) is 0 Å². The van der Waals surface area contributed by atoms with Gasteiger partial charge in [0.15, 0.2) is 0 Å². The van der Waals surface area contributed by atoms with Crippen LogP contribution in [0.2, 0.25) is 0 Å². The minimum absolute atomic E-state index is 0.0236. The number of carbonyl (C=O) groups is 1. The molecule has 0 aliphatic heterocycles. The molecule has 1 aromatic rings. The average Bonchev–Trinajstić information content (AvgIpc) is 2.30. The SMILES string of the molecule is C=CCC(N)C(=O)N[C@H](C)c1ccccc1. The van der Waals surface area contributed by atoms with Crippen molar-refractivity contribution in [1.29, 1.82) is 0 Å². The van der Waals surface area contributed by atoms with Gasteiger partial charge in [-0.3, -0.25) is 4.79 Å². The van der Waals surface area contributed by atoms with Crippen molar-refractivity contribution in [1.82, 2.24) is 5.32 Å². The van der Waals surface area contributed by atoms with E-state index in [2.05, 4.69) is 11.9 Å². The van der Waals surface area contributed by atoms with Crippen molar-refractivity contribution in [3.63, 3.8) is 0 Å². The van der Waals surface area contributed by atoms with Crippen molar-refractivity contribution in [3.8, 4) is 0 Å². The van der Waals surface area contributed by atoms with Crippen LogP contribution in [0.3, 0.4) is 0 Å². The van der Waals surface area contributed by atoms with E-state index in [0.717, 1.165) is 5.56 Å². The van der Waals surface area contributed by atoms with Crippen LogP contribution in [-0.2, 0) is 4.79 Å². The highest BCUT2D eigenvalue weighted by Crippen LogP contribution is 2.11. The zero-order valence-corrected chi connectivity index (χ0v) is 9.52. The van der Waals surface area contributed by atoms with Gasteiger partial charge in [-0.2, -0.15) is 0 Å². The maximum absolute atomic E-state index is 11.6. The first-order valence-corrected chi connectivity index (χ1v) is 5.37. The standard InChI is InChI=1S/C13H18N2O/c1-3-7-12(14)13(16)15-10(2)11-8-5-4-6-9-11/h3-6,8-10,12H,1,7,14H2,2H3,(H,15,16)/t10-,12?/m1/s1. The van der Waals surface area contributed by atoms with E-state index in [1.165, 1.54) is 0 Å². The largest absolute Gasteiger partial charge is 0.348 e. The van der Waals surface area contributed by atoms with Crippen molar-refractivity contribution in [2.45, 2.75) is 25.4 Å². The molecule has 2 atom stereocenters. The Morgan fingerprint density at radius 3 is 2.69 bits per heavy atom. The second-order valence-electron chi connectivity index (χ2n) is 3.77. The molecule has 3 N–H and O–H groups in total. The van der Waals surface area contributed by atoms with Gasteiger partial charge in [-0.05, 0) is 18.9 Å². The van der Waals surface area contributed by atoms with E-state index in [1.807, 2.05) is 37.3 Å². The zero-order chi connectivity index (χ0) is 12.0. The quantitative estimate of drug-likeness (QED) is 0.740. The lowest BCUT2D eigenvalue weighted by molar-refractivity contribution is -0.122. The van der Waals surface area contributed by atoms with Crippen LogP contribution in [0.15, 0.2) is 43.0 Å². The third kappa shape index (κ3) is 3.51. The number of nitrogens with one attached hydrogen (secondary N) is 1. The molecule has 1 aromatic carbocycles. The lowest BCUT2D eigenvalue weighted by Crippen LogP contribution is -2.41. The van der Waals surface area contributed by atoms with Crippen LogP contribution in [0.4, 0.5) is 0 Å². The summed E-state index contributed by atoms with van der Waals surface area (Å²) >= 11 is 0. The first-order chi connectivity index (χ1) is 7.65. The molecule has 0 radical (unpaired) electrons. The Labute approximate surface area is 96.3 Å². The summed E-state index contributed by atoms with van der Waals surface area (Å²) in [6.45, 7) is 5.50. The smallest absolute Gasteiger partial charge is 0.237 e. The predicted octanol–water partition coefficient (Wildman–Crippen LogP) is 1.77. The predicted molar refractivity (Wildman–Crippen MR) is 65.8 cm³/mol. The van der Waals surface area contributed by atoms with Crippen molar-refractivity contribution in [2.75, 3.05) is 0 Å². The molecule has 0 aliphatic rings. The fraction of sp³-hybridized carbons (Fsp3) is 0.308. The van der Waals surface area contributed by atoms with E-state index in [4.69, 9.17) is 5.73 Å². The number of hydrogen-bond acceptors (Lipinski definition) is 2. The third-order valence-electron chi connectivity index (χ3n) is 2.42. The van der Waals surface area contributed by atoms with Crippen LogP contribution in [0, 0.1) is 0 Å². The fourth-order valence-corrected chi connectivity index (χ4v) is 1.43. The summed E-state index contributed by atoms with van der Waals surface area (Å²) in [6, 6.07) is 9.26. The molecule has 0 heterocycles. The molecule has 0 spiro atoms. The molecule has 1 rings (SSSR count). The van der Waals surface area contributed by atoms with Gasteiger partial charge in [-0.15, -0.1) is 6.58 Å². The average molecular weight is 218 g/mol. The zero-order valence-electron chi connectivity index (χ0n) is 9.52. The maximum atomic E-state index is 11.6. The van der Waals surface area contributed by atoms with Gasteiger partial charge in [0.25, 0.3) is 0 Å². The van der Waals surface area contributed by atoms with Crippen LogP contribution in [0.5, 0.6) is 0 Å². The Bertz CT molecular complexity index is 348. The summed E-state index contributed by atoms with van der Waals surface area (Å²) < 4.78 is 0. The molecule has 1 amide bonds. The third-order valence-corrected chi connectivity index (χ3v) is 2.42.